The van der Waals surface area contributed by atoms with Gasteiger partial charge in [0.1, 0.15) is 30.3 Å². The van der Waals surface area contributed by atoms with E-state index in [0.29, 0.717) is 34.6 Å². The van der Waals surface area contributed by atoms with Gasteiger partial charge in [-0.3, -0.25) is 9.48 Å². The molecule has 9 nitrogen and oxygen atoms in total. The lowest BCUT2D eigenvalue weighted by Gasteiger charge is -2.24. The van der Waals surface area contributed by atoms with Crippen LogP contribution < -0.4 is 21.5 Å². The minimum Gasteiger partial charge on any atom is -0.493 e. The molecule has 0 aliphatic carbocycles. The van der Waals surface area contributed by atoms with Gasteiger partial charge in [0.05, 0.1) is 24.4 Å². The van der Waals surface area contributed by atoms with Gasteiger partial charge < -0.3 is 21.5 Å². The number of nitrogen functional groups attached to an aromatic ring is 1. The molecule has 0 fully saturated rings. The van der Waals surface area contributed by atoms with Gasteiger partial charge in [0.15, 0.2) is 0 Å². The number of nitrogens with zero attached hydrogens (tertiary/aromatic N) is 4. The Kier molecular flexibility index (Phi) is 7.61. The van der Waals surface area contributed by atoms with Crippen LogP contribution in [-0.4, -0.2) is 32.3 Å². The Labute approximate surface area is 203 Å². The predicted octanol–water partition coefficient (Wildman–Crippen LogP) is 4.13. The summed E-state index contributed by atoms with van der Waals surface area (Å²) < 4.78 is 7.60. The summed E-state index contributed by atoms with van der Waals surface area (Å²) >= 11 is 6.66. The summed E-state index contributed by atoms with van der Waals surface area (Å²) in [6.45, 7) is 11.8. The van der Waals surface area contributed by atoms with Gasteiger partial charge in [0, 0.05) is 33.5 Å². The first-order chi connectivity index (χ1) is 16.2. The highest BCUT2D eigenvalue weighted by Gasteiger charge is 2.23. The molecule has 34 heavy (non-hydrogen) atoms. The number of allylic oxidation sites excluding steroid dienone is 1. The smallest absolute Gasteiger partial charge is 0.239 e. The number of primary amides is 1. The average Bonchev–Trinajstić information content (AvgIpc) is 3.23. The molecule has 1 amide bonds. The zero-order valence-corrected chi connectivity index (χ0v) is 20.4. The number of amides is 1. The van der Waals surface area contributed by atoms with Gasteiger partial charge >= 0.3 is 0 Å². The fourth-order valence-corrected chi connectivity index (χ4v) is 3.91. The predicted molar refractivity (Wildman–Crippen MR) is 134 cm³/mol. The molecule has 178 valence electrons. The Bertz CT molecular complexity index is 1280. The van der Waals surface area contributed by atoms with Crippen molar-refractivity contribution in [1.29, 1.82) is 0 Å². The first-order valence-corrected chi connectivity index (χ1v) is 11.1. The van der Waals surface area contributed by atoms with Gasteiger partial charge in [0.2, 0.25) is 5.91 Å². The van der Waals surface area contributed by atoms with Crippen LogP contribution in [0.1, 0.15) is 43.5 Å². The van der Waals surface area contributed by atoms with E-state index >= 15 is 0 Å². The van der Waals surface area contributed by atoms with Crippen LogP contribution in [0.5, 0.6) is 5.75 Å². The summed E-state index contributed by atoms with van der Waals surface area (Å²) in [6, 6.07) is 1.60. The van der Waals surface area contributed by atoms with E-state index in [1.807, 2.05) is 33.8 Å². The number of hydrogen-bond acceptors (Lipinski definition) is 7. The van der Waals surface area contributed by atoms with E-state index in [9.17, 15) is 4.79 Å². The number of ether oxygens (including phenoxy) is 1. The van der Waals surface area contributed by atoms with Crippen molar-refractivity contribution in [2.75, 3.05) is 17.7 Å². The van der Waals surface area contributed by atoms with E-state index in [0.717, 1.165) is 27.8 Å². The lowest BCUT2D eigenvalue weighted by atomic mass is 9.95. The van der Waals surface area contributed by atoms with Crippen LogP contribution in [0.4, 0.5) is 11.6 Å². The van der Waals surface area contributed by atoms with Crippen molar-refractivity contribution in [2.45, 2.75) is 40.3 Å². The molecule has 0 spiro atoms. The molecule has 3 aromatic rings. The molecule has 0 aliphatic rings. The van der Waals surface area contributed by atoms with Gasteiger partial charge in [-0.15, -0.1) is 5.73 Å². The first-order valence-electron chi connectivity index (χ1n) is 10.7. The lowest BCUT2D eigenvalue weighted by molar-refractivity contribution is -0.118. The number of aromatic nitrogens is 4. The minimum absolute atomic E-state index is 0.0253. The Balaban J connectivity index is 2.13. The molecule has 10 heteroatoms. The maximum atomic E-state index is 11.3. The molecule has 0 bridgehead atoms. The van der Waals surface area contributed by atoms with E-state index in [1.54, 1.807) is 12.4 Å². The number of anilines is 2. The van der Waals surface area contributed by atoms with Crippen molar-refractivity contribution in [3.63, 3.8) is 0 Å². The Morgan fingerprint density at radius 3 is 2.79 bits per heavy atom. The molecule has 5 N–H and O–H groups in total. The average molecular weight is 482 g/mol. The van der Waals surface area contributed by atoms with Crippen LogP contribution in [-0.2, 0) is 11.3 Å². The molecule has 0 radical (unpaired) electrons. The fraction of sp³-hybridized carbons (Fsp3) is 0.292. The Morgan fingerprint density at radius 2 is 2.15 bits per heavy atom. The van der Waals surface area contributed by atoms with E-state index in [4.69, 9.17) is 27.8 Å². The van der Waals surface area contributed by atoms with Crippen LogP contribution in [0.2, 0.25) is 5.02 Å². The second-order valence-electron chi connectivity index (χ2n) is 7.75. The molecule has 1 unspecified atom stereocenters. The topological polar surface area (TPSA) is 134 Å². The lowest BCUT2D eigenvalue weighted by Crippen LogP contribution is -2.18. The van der Waals surface area contributed by atoms with E-state index < -0.39 is 5.91 Å². The number of carbonyl (C=O) groups excluding carboxylic acids is 1. The number of carbonyl (C=O) groups is 1. The number of rotatable bonds is 9. The monoisotopic (exact) mass is 481 g/mol. The molecule has 0 saturated heterocycles. The molecule has 1 aromatic carbocycles. The van der Waals surface area contributed by atoms with Crippen LogP contribution in [0.3, 0.4) is 0 Å². The maximum Gasteiger partial charge on any atom is 0.239 e. The van der Waals surface area contributed by atoms with Gasteiger partial charge in [-0.25, -0.2) is 9.97 Å². The minimum atomic E-state index is -0.482. The van der Waals surface area contributed by atoms with Crippen molar-refractivity contribution in [1.82, 2.24) is 19.7 Å². The zero-order chi connectivity index (χ0) is 25.0. The van der Waals surface area contributed by atoms with E-state index in [1.165, 1.54) is 11.0 Å². The third-order valence-electron chi connectivity index (χ3n) is 5.37. The van der Waals surface area contributed by atoms with E-state index in [2.05, 4.69) is 32.7 Å². The van der Waals surface area contributed by atoms with Crippen molar-refractivity contribution in [2.24, 2.45) is 5.73 Å². The van der Waals surface area contributed by atoms with Crippen LogP contribution in [0.25, 0.3) is 16.7 Å². The summed E-state index contributed by atoms with van der Waals surface area (Å²) in [5, 5.41) is 8.21. The van der Waals surface area contributed by atoms with Gasteiger partial charge in [-0.1, -0.05) is 18.2 Å². The molecule has 1 atom stereocenters. The number of halogens is 1. The SMILES string of the molecule is C=C=C(C)c1c(N)ncnc1NC(C)c1cc(Cl)c(C)c(-c2cnn(CC(N)=O)c2)c1OCC. The normalized spacial score (nSPS) is 11.6. The summed E-state index contributed by atoms with van der Waals surface area (Å²) in [6.07, 6.45) is 4.80. The number of nitrogens with two attached hydrogens (primary N) is 2. The Hall–Kier alpha value is -3.81. The second-order valence-corrected chi connectivity index (χ2v) is 8.16. The van der Waals surface area contributed by atoms with Crippen molar-refractivity contribution in [3.05, 3.63) is 58.8 Å². The number of benzene rings is 1. The van der Waals surface area contributed by atoms with Crippen molar-refractivity contribution in [3.8, 4) is 16.9 Å². The molecule has 0 saturated carbocycles. The van der Waals surface area contributed by atoms with Crippen LogP contribution >= 0.6 is 11.6 Å². The standard InChI is InChI=1S/C24H28ClN7O2/c1-6-13(3)20-23(27)28-12-29-24(20)31-15(5)17-8-18(25)14(4)21(22(17)34-7-2)16-9-30-32(10-16)11-19(26)33/h8-10,12,15H,1,7,11H2,2-5H3,(H2,26,33)(H3,27,28,29,31). The number of hydrogen-bond donors (Lipinski definition) is 3. The molecule has 2 aromatic heterocycles. The fourth-order valence-electron chi connectivity index (χ4n) is 3.70. The molecule has 0 aliphatic heterocycles. The third-order valence-corrected chi connectivity index (χ3v) is 5.76. The highest BCUT2D eigenvalue weighted by molar-refractivity contribution is 6.32. The van der Waals surface area contributed by atoms with Crippen LogP contribution in [0, 0.1) is 6.92 Å². The highest BCUT2D eigenvalue weighted by Crippen LogP contribution is 2.43. The molecular weight excluding hydrogens is 454 g/mol. The van der Waals surface area contributed by atoms with Gasteiger partial charge in [0.25, 0.3) is 0 Å². The van der Waals surface area contributed by atoms with E-state index in [-0.39, 0.29) is 12.6 Å². The summed E-state index contributed by atoms with van der Waals surface area (Å²) in [5.74, 6) is 1.05. The Morgan fingerprint density at radius 1 is 1.41 bits per heavy atom. The highest BCUT2D eigenvalue weighted by atomic mass is 35.5. The number of nitrogens with one attached hydrogen (secondary N) is 1. The third kappa shape index (κ3) is 5.06. The largest absolute Gasteiger partial charge is 0.493 e. The van der Waals surface area contributed by atoms with Crippen LogP contribution in [0.15, 0.2) is 37.1 Å². The second kappa shape index (κ2) is 10.4. The zero-order valence-electron chi connectivity index (χ0n) is 19.6. The van der Waals surface area contributed by atoms with Crippen molar-refractivity contribution >= 4 is 34.7 Å². The van der Waals surface area contributed by atoms with Gasteiger partial charge in [-0.05, 0) is 39.3 Å². The quantitative estimate of drug-likeness (QED) is 0.391. The summed E-state index contributed by atoms with van der Waals surface area (Å²) in [7, 11) is 0. The molecular formula is C24H28ClN7O2. The summed E-state index contributed by atoms with van der Waals surface area (Å²) in [5.41, 5.74) is 18.8. The maximum absolute atomic E-state index is 11.3. The van der Waals surface area contributed by atoms with Crippen molar-refractivity contribution < 1.29 is 9.53 Å². The first kappa shape index (κ1) is 24.8. The molecule has 2 heterocycles. The summed E-state index contributed by atoms with van der Waals surface area (Å²) in [4.78, 5) is 19.8. The van der Waals surface area contributed by atoms with Gasteiger partial charge in [-0.2, -0.15) is 5.10 Å². The molecule has 3 rings (SSSR count).